The van der Waals surface area contributed by atoms with Crippen LogP contribution in [-0.2, 0) is 4.79 Å². The Labute approximate surface area is 127 Å². The van der Waals surface area contributed by atoms with E-state index in [9.17, 15) is 14.7 Å². The molecule has 7 nitrogen and oxygen atoms in total. The van der Waals surface area contributed by atoms with E-state index in [1.165, 1.54) is 20.1 Å². The number of likely N-dealkylation sites (tertiary alicyclic amines) is 1. The summed E-state index contributed by atoms with van der Waals surface area (Å²) in [7, 11) is 1.49. The van der Waals surface area contributed by atoms with Gasteiger partial charge in [-0.25, -0.2) is 4.79 Å². The number of carboxylic acids is 1. The van der Waals surface area contributed by atoms with Gasteiger partial charge in [0.05, 0.1) is 7.11 Å². The molecule has 0 bridgehead atoms. The van der Waals surface area contributed by atoms with Crippen molar-refractivity contribution in [3.63, 3.8) is 0 Å². The quantitative estimate of drug-likeness (QED) is 0.891. The molecule has 1 aromatic carbocycles. The van der Waals surface area contributed by atoms with Crippen molar-refractivity contribution in [3.8, 4) is 17.2 Å². The lowest BCUT2D eigenvalue weighted by Crippen LogP contribution is -2.50. The third kappa shape index (κ3) is 2.22. The van der Waals surface area contributed by atoms with Gasteiger partial charge in [0, 0.05) is 32.9 Å². The maximum Gasteiger partial charge on any atom is 0.339 e. The molecule has 0 aromatic heterocycles. The van der Waals surface area contributed by atoms with Gasteiger partial charge in [-0.15, -0.1) is 0 Å². The summed E-state index contributed by atoms with van der Waals surface area (Å²) in [4.78, 5) is 24.5. The first kappa shape index (κ1) is 14.5. The van der Waals surface area contributed by atoms with Crippen molar-refractivity contribution in [1.29, 1.82) is 0 Å². The number of ether oxygens (including phenoxy) is 3. The molecular formula is C15H17NO6. The van der Waals surface area contributed by atoms with Crippen LogP contribution in [0.25, 0.3) is 0 Å². The lowest BCUT2D eigenvalue weighted by molar-refractivity contribution is -0.144. The Morgan fingerprint density at radius 1 is 1.23 bits per heavy atom. The normalized spacial score (nSPS) is 18.4. The standard InChI is InChI=1S/C15H17NO6/c1-9(17)16-7-5-15(6-8-16)21-12-10(14(18)19)3-4-11(20-2)13(12)22-15/h3-4H,5-8H2,1-2H3,(H,18,19). The molecule has 3 rings (SSSR count). The Bertz CT molecular complexity index is 633. The summed E-state index contributed by atoms with van der Waals surface area (Å²) in [5.41, 5.74) is 0.0432. The van der Waals surface area contributed by atoms with Crippen molar-refractivity contribution in [2.75, 3.05) is 20.2 Å². The fourth-order valence-electron chi connectivity index (χ4n) is 2.83. The Morgan fingerprint density at radius 3 is 2.41 bits per heavy atom. The van der Waals surface area contributed by atoms with Gasteiger partial charge in [0.2, 0.25) is 11.7 Å². The van der Waals surface area contributed by atoms with Crippen LogP contribution >= 0.6 is 0 Å². The second-order valence-corrected chi connectivity index (χ2v) is 5.40. The van der Waals surface area contributed by atoms with Crippen LogP contribution in [0, 0.1) is 0 Å². The zero-order chi connectivity index (χ0) is 15.9. The molecule has 1 spiro atoms. The van der Waals surface area contributed by atoms with Crippen LogP contribution in [0.1, 0.15) is 30.1 Å². The van der Waals surface area contributed by atoms with Gasteiger partial charge in [0.15, 0.2) is 11.5 Å². The second-order valence-electron chi connectivity index (χ2n) is 5.40. The maximum atomic E-state index is 11.4. The SMILES string of the molecule is COc1ccc(C(=O)O)c2c1OC1(CCN(C(C)=O)CC1)O2. The second kappa shape index (κ2) is 5.08. The smallest absolute Gasteiger partial charge is 0.339 e. The number of rotatable bonds is 2. The summed E-state index contributed by atoms with van der Waals surface area (Å²) in [6.45, 7) is 2.54. The van der Waals surface area contributed by atoms with Crippen LogP contribution < -0.4 is 14.2 Å². The van der Waals surface area contributed by atoms with Crippen molar-refractivity contribution in [2.24, 2.45) is 0 Å². The molecule has 7 heteroatoms. The van der Waals surface area contributed by atoms with E-state index < -0.39 is 11.8 Å². The van der Waals surface area contributed by atoms with Crippen molar-refractivity contribution in [2.45, 2.75) is 25.6 Å². The highest BCUT2D eigenvalue weighted by Crippen LogP contribution is 2.50. The fourth-order valence-corrected chi connectivity index (χ4v) is 2.83. The average molecular weight is 307 g/mol. The number of hydrogen-bond donors (Lipinski definition) is 1. The molecule has 0 radical (unpaired) electrons. The van der Waals surface area contributed by atoms with Gasteiger partial charge in [0.1, 0.15) is 5.56 Å². The third-order valence-electron chi connectivity index (χ3n) is 4.07. The van der Waals surface area contributed by atoms with Gasteiger partial charge in [-0.3, -0.25) is 4.79 Å². The number of fused-ring (bicyclic) bond motifs is 1. The largest absolute Gasteiger partial charge is 0.493 e. The summed E-state index contributed by atoms with van der Waals surface area (Å²) in [5.74, 6) is -1.05. The van der Waals surface area contributed by atoms with Crippen molar-refractivity contribution in [3.05, 3.63) is 17.7 Å². The molecular weight excluding hydrogens is 290 g/mol. The number of benzene rings is 1. The first-order valence-electron chi connectivity index (χ1n) is 7.03. The number of methoxy groups -OCH3 is 1. The minimum atomic E-state index is -1.08. The lowest BCUT2D eigenvalue weighted by atomic mass is 10.0. The van der Waals surface area contributed by atoms with Crippen LogP contribution in [0.4, 0.5) is 0 Å². The minimum Gasteiger partial charge on any atom is -0.493 e. The van der Waals surface area contributed by atoms with Crippen molar-refractivity contribution >= 4 is 11.9 Å². The van der Waals surface area contributed by atoms with Crippen LogP contribution in [0.15, 0.2) is 12.1 Å². The summed E-state index contributed by atoms with van der Waals surface area (Å²) in [6.07, 6.45) is 0.951. The molecule has 0 atom stereocenters. The van der Waals surface area contributed by atoms with E-state index in [4.69, 9.17) is 14.2 Å². The molecule has 118 valence electrons. The summed E-state index contributed by atoms with van der Waals surface area (Å²) in [5, 5.41) is 9.28. The Balaban J connectivity index is 1.90. The third-order valence-corrected chi connectivity index (χ3v) is 4.07. The monoisotopic (exact) mass is 307 g/mol. The van der Waals surface area contributed by atoms with Crippen LogP contribution in [-0.4, -0.2) is 47.9 Å². The predicted molar refractivity (Wildman–Crippen MR) is 75.4 cm³/mol. The first-order chi connectivity index (χ1) is 10.5. The Hall–Kier alpha value is -2.44. The topological polar surface area (TPSA) is 85.3 Å². The van der Waals surface area contributed by atoms with E-state index in [2.05, 4.69) is 0 Å². The molecule has 1 aromatic rings. The number of carbonyl (C=O) groups excluding carboxylic acids is 1. The van der Waals surface area contributed by atoms with E-state index >= 15 is 0 Å². The zero-order valence-electron chi connectivity index (χ0n) is 12.4. The van der Waals surface area contributed by atoms with Gasteiger partial charge in [-0.2, -0.15) is 0 Å². The summed E-state index contributed by atoms with van der Waals surface area (Å²) < 4.78 is 17.0. The molecule has 1 saturated heterocycles. The van der Waals surface area contributed by atoms with Crippen molar-refractivity contribution < 1.29 is 28.9 Å². The molecule has 1 fully saturated rings. The first-order valence-corrected chi connectivity index (χ1v) is 7.03. The van der Waals surface area contributed by atoms with Gasteiger partial charge >= 0.3 is 5.97 Å². The minimum absolute atomic E-state index is 0.00849. The molecule has 0 saturated carbocycles. The predicted octanol–water partition coefficient (Wildman–Crippen LogP) is 1.50. The fraction of sp³-hybridized carbons (Fsp3) is 0.467. The molecule has 2 heterocycles. The van der Waals surface area contributed by atoms with E-state index in [0.29, 0.717) is 37.4 Å². The highest BCUT2D eigenvalue weighted by atomic mass is 16.7. The van der Waals surface area contributed by atoms with Gasteiger partial charge in [0.25, 0.3) is 5.79 Å². The van der Waals surface area contributed by atoms with E-state index in [1.807, 2.05) is 0 Å². The maximum absolute atomic E-state index is 11.4. The van der Waals surface area contributed by atoms with Gasteiger partial charge < -0.3 is 24.2 Å². The highest BCUT2D eigenvalue weighted by Gasteiger charge is 2.47. The van der Waals surface area contributed by atoms with Gasteiger partial charge in [-0.1, -0.05) is 0 Å². The van der Waals surface area contributed by atoms with Crippen molar-refractivity contribution in [1.82, 2.24) is 4.90 Å². The van der Waals surface area contributed by atoms with Gasteiger partial charge in [-0.05, 0) is 12.1 Å². The Morgan fingerprint density at radius 2 is 1.86 bits per heavy atom. The molecule has 1 N–H and O–H groups in total. The lowest BCUT2D eigenvalue weighted by Gasteiger charge is -2.37. The molecule has 2 aliphatic rings. The number of amides is 1. The van der Waals surface area contributed by atoms with Crippen LogP contribution in [0.5, 0.6) is 17.2 Å². The van der Waals surface area contributed by atoms with E-state index in [0.717, 1.165) is 0 Å². The summed E-state index contributed by atoms with van der Waals surface area (Å²) in [6, 6.07) is 2.99. The Kier molecular flexibility index (Phi) is 3.35. The number of nitrogens with zero attached hydrogens (tertiary/aromatic N) is 1. The summed E-state index contributed by atoms with van der Waals surface area (Å²) >= 11 is 0. The molecule has 2 aliphatic heterocycles. The van der Waals surface area contributed by atoms with Crippen LogP contribution in [0.2, 0.25) is 0 Å². The molecule has 0 aliphatic carbocycles. The average Bonchev–Trinajstić information content (AvgIpc) is 2.84. The molecule has 0 unspecified atom stereocenters. The zero-order valence-corrected chi connectivity index (χ0v) is 12.4. The number of hydrogen-bond acceptors (Lipinski definition) is 5. The molecule has 1 amide bonds. The number of aromatic carboxylic acids is 1. The number of piperidine rings is 1. The van der Waals surface area contributed by atoms with E-state index in [-0.39, 0.29) is 17.2 Å². The highest BCUT2D eigenvalue weighted by molar-refractivity contribution is 5.93. The number of carbonyl (C=O) groups is 2. The van der Waals surface area contributed by atoms with E-state index in [1.54, 1.807) is 11.0 Å². The molecule has 22 heavy (non-hydrogen) atoms. The van der Waals surface area contributed by atoms with Crippen LogP contribution in [0.3, 0.4) is 0 Å². The number of carboxylic acid groups (broad SMARTS) is 1.